The highest BCUT2D eigenvalue weighted by atomic mass is 79.9. The standard InChI is InChI=1S/C32H28BrN3O3S/c1-21-8-10-23(11-9-21)20-29(36-31(38)24-6-4-3-5-7-24)32(39)35-27-16-18-28(19-17-27)40-22(2)30(37)34-26-14-12-25(33)13-15-26/h3-20,22H,1-2H3,(H,34,37)(H,35,39)(H,36,38)/b29-20-. The summed E-state index contributed by atoms with van der Waals surface area (Å²) in [6, 6.07) is 31.0. The maximum absolute atomic E-state index is 13.2. The topological polar surface area (TPSA) is 87.3 Å². The predicted octanol–water partition coefficient (Wildman–Crippen LogP) is 7.29. The van der Waals surface area contributed by atoms with Gasteiger partial charge in [0, 0.05) is 26.3 Å². The fourth-order valence-corrected chi connectivity index (χ4v) is 4.75. The molecule has 0 aliphatic heterocycles. The van der Waals surface area contributed by atoms with E-state index in [4.69, 9.17) is 0 Å². The summed E-state index contributed by atoms with van der Waals surface area (Å²) < 4.78 is 0.941. The van der Waals surface area contributed by atoms with E-state index in [2.05, 4.69) is 31.9 Å². The third kappa shape index (κ3) is 8.43. The number of halogens is 1. The number of rotatable bonds is 9. The molecule has 4 aromatic carbocycles. The third-order valence-corrected chi connectivity index (χ3v) is 7.46. The van der Waals surface area contributed by atoms with Crippen LogP contribution >= 0.6 is 27.7 Å². The summed E-state index contributed by atoms with van der Waals surface area (Å²) in [5.74, 6) is -0.937. The molecule has 1 unspecified atom stereocenters. The van der Waals surface area contributed by atoms with Crippen molar-refractivity contribution in [2.75, 3.05) is 10.6 Å². The van der Waals surface area contributed by atoms with E-state index in [1.807, 2.05) is 80.6 Å². The number of benzene rings is 4. The van der Waals surface area contributed by atoms with E-state index >= 15 is 0 Å². The van der Waals surface area contributed by atoms with Crippen molar-refractivity contribution in [2.45, 2.75) is 24.0 Å². The van der Waals surface area contributed by atoms with Gasteiger partial charge in [-0.15, -0.1) is 11.8 Å². The molecule has 0 heterocycles. The van der Waals surface area contributed by atoms with Gasteiger partial charge >= 0.3 is 0 Å². The smallest absolute Gasteiger partial charge is 0.272 e. The zero-order valence-corrected chi connectivity index (χ0v) is 24.4. The minimum Gasteiger partial charge on any atom is -0.325 e. The normalized spacial score (nSPS) is 11.8. The van der Waals surface area contributed by atoms with E-state index in [-0.39, 0.29) is 22.8 Å². The molecule has 0 aromatic heterocycles. The number of hydrogen-bond donors (Lipinski definition) is 3. The second kappa shape index (κ2) is 13.8. The Balaban J connectivity index is 1.42. The molecule has 0 fully saturated rings. The minimum absolute atomic E-state index is 0.107. The molecule has 0 aliphatic rings. The van der Waals surface area contributed by atoms with Crippen molar-refractivity contribution in [3.8, 4) is 0 Å². The Hall–Kier alpha value is -4.14. The zero-order valence-electron chi connectivity index (χ0n) is 22.0. The maximum atomic E-state index is 13.2. The molecule has 4 aromatic rings. The summed E-state index contributed by atoms with van der Waals surface area (Å²) in [6.45, 7) is 3.82. The van der Waals surface area contributed by atoms with Crippen molar-refractivity contribution in [3.63, 3.8) is 0 Å². The first-order valence-corrected chi connectivity index (χ1v) is 14.2. The largest absolute Gasteiger partial charge is 0.325 e. The molecule has 0 radical (unpaired) electrons. The van der Waals surface area contributed by atoms with E-state index in [0.29, 0.717) is 11.3 Å². The lowest BCUT2D eigenvalue weighted by molar-refractivity contribution is -0.115. The van der Waals surface area contributed by atoms with Crippen molar-refractivity contribution in [1.82, 2.24) is 5.32 Å². The van der Waals surface area contributed by atoms with Gasteiger partial charge in [-0.2, -0.15) is 0 Å². The Morgan fingerprint density at radius 1 is 0.775 bits per heavy atom. The summed E-state index contributed by atoms with van der Waals surface area (Å²) in [4.78, 5) is 39.5. The van der Waals surface area contributed by atoms with Crippen molar-refractivity contribution < 1.29 is 14.4 Å². The molecule has 0 spiro atoms. The fraction of sp³-hybridized carbons (Fsp3) is 0.0938. The summed E-state index contributed by atoms with van der Waals surface area (Å²) in [5.41, 5.74) is 3.73. The van der Waals surface area contributed by atoms with Crippen molar-refractivity contribution in [3.05, 3.63) is 130 Å². The van der Waals surface area contributed by atoms with Gasteiger partial charge in [-0.25, -0.2) is 0 Å². The molecule has 8 heteroatoms. The van der Waals surface area contributed by atoms with Crippen LogP contribution in [0.5, 0.6) is 0 Å². The van der Waals surface area contributed by atoms with E-state index in [1.54, 1.807) is 42.5 Å². The van der Waals surface area contributed by atoms with Crippen molar-refractivity contribution in [2.24, 2.45) is 0 Å². The quantitative estimate of drug-likeness (QED) is 0.137. The first kappa shape index (κ1) is 28.9. The van der Waals surface area contributed by atoms with Crippen molar-refractivity contribution >= 4 is 62.9 Å². The Kier molecular flexibility index (Phi) is 9.94. The number of amides is 3. The highest BCUT2D eigenvalue weighted by Gasteiger charge is 2.17. The number of hydrogen-bond acceptors (Lipinski definition) is 4. The summed E-state index contributed by atoms with van der Waals surface area (Å²) in [6.07, 6.45) is 1.64. The molecule has 40 heavy (non-hydrogen) atoms. The molecule has 3 amide bonds. The van der Waals surface area contributed by atoms with Gasteiger partial charge in [0.25, 0.3) is 11.8 Å². The number of nitrogens with one attached hydrogen (secondary N) is 3. The summed E-state index contributed by atoms with van der Waals surface area (Å²) in [7, 11) is 0. The highest BCUT2D eigenvalue weighted by molar-refractivity contribution is 9.10. The first-order valence-electron chi connectivity index (χ1n) is 12.6. The van der Waals surface area contributed by atoms with Crippen LogP contribution in [0.2, 0.25) is 0 Å². The minimum atomic E-state index is -0.451. The van der Waals surface area contributed by atoms with Gasteiger partial charge in [0.15, 0.2) is 0 Å². The molecule has 202 valence electrons. The van der Waals surface area contributed by atoms with Gasteiger partial charge in [-0.05, 0) is 86.2 Å². The van der Waals surface area contributed by atoms with Gasteiger partial charge in [-0.1, -0.05) is 64.0 Å². The monoisotopic (exact) mass is 613 g/mol. The predicted molar refractivity (Wildman–Crippen MR) is 166 cm³/mol. The lowest BCUT2D eigenvalue weighted by atomic mass is 10.1. The van der Waals surface area contributed by atoms with Crippen LogP contribution in [-0.2, 0) is 9.59 Å². The SMILES string of the molecule is Cc1ccc(/C=C(\NC(=O)c2ccccc2)C(=O)Nc2ccc(SC(C)C(=O)Nc3ccc(Br)cc3)cc2)cc1. The van der Waals surface area contributed by atoms with Gasteiger partial charge in [0.2, 0.25) is 5.91 Å². The van der Waals surface area contributed by atoms with Gasteiger partial charge < -0.3 is 16.0 Å². The second-order valence-electron chi connectivity index (χ2n) is 9.02. The average molecular weight is 615 g/mol. The zero-order chi connectivity index (χ0) is 28.5. The van der Waals surface area contributed by atoms with Gasteiger partial charge in [0.05, 0.1) is 5.25 Å². The number of carbonyl (C=O) groups excluding carboxylic acids is 3. The van der Waals surface area contributed by atoms with Crippen LogP contribution in [0.3, 0.4) is 0 Å². The average Bonchev–Trinajstić information content (AvgIpc) is 2.96. The number of carbonyl (C=O) groups is 3. The molecular formula is C32H28BrN3O3S. The molecule has 6 nitrogen and oxygen atoms in total. The third-order valence-electron chi connectivity index (χ3n) is 5.82. The lowest BCUT2D eigenvalue weighted by Gasteiger charge is -2.14. The lowest BCUT2D eigenvalue weighted by Crippen LogP contribution is -2.30. The van der Waals surface area contributed by atoms with E-state index in [1.165, 1.54) is 11.8 Å². The molecule has 0 bridgehead atoms. The van der Waals surface area contributed by atoms with Crippen LogP contribution in [0, 0.1) is 6.92 Å². The molecule has 3 N–H and O–H groups in total. The fourth-order valence-electron chi connectivity index (χ4n) is 3.62. The molecule has 0 saturated carbocycles. The van der Waals surface area contributed by atoms with Crippen LogP contribution in [0.25, 0.3) is 6.08 Å². The first-order chi connectivity index (χ1) is 19.3. The molecular weight excluding hydrogens is 586 g/mol. The van der Waals surface area contributed by atoms with Crippen LogP contribution in [0.15, 0.2) is 118 Å². The summed E-state index contributed by atoms with van der Waals surface area (Å²) >= 11 is 4.80. The second-order valence-corrected chi connectivity index (χ2v) is 11.4. The Morgan fingerprint density at radius 3 is 2.02 bits per heavy atom. The van der Waals surface area contributed by atoms with E-state index in [9.17, 15) is 14.4 Å². The Bertz CT molecular complexity index is 1500. The number of thioether (sulfide) groups is 1. The van der Waals surface area contributed by atoms with Crippen molar-refractivity contribution in [1.29, 1.82) is 0 Å². The summed E-state index contributed by atoms with van der Waals surface area (Å²) in [5, 5.41) is 8.18. The molecule has 1 atom stereocenters. The van der Waals surface area contributed by atoms with Crippen LogP contribution in [0.1, 0.15) is 28.4 Å². The van der Waals surface area contributed by atoms with E-state index < -0.39 is 5.91 Å². The Labute approximate surface area is 246 Å². The van der Waals surface area contributed by atoms with Gasteiger partial charge in [-0.3, -0.25) is 14.4 Å². The van der Waals surface area contributed by atoms with Gasteiger partial charge in [0.1, 0.15) is 5.70 Å². The maximum Gasteiger partial charge on any atom is 0.272 e. The molecule has 0 saturated heterocycles. The van der Waals surface area contributed by atoms with Crippen LogP contribution in [-0.4, -0.2) is 23.0 Å². The number of anilines is 2. The molecule has 4 rings (SSSR count). The molecule has 0 aliphatic carbocycles. The van der Waals surface area contributed by atoms with E-state index in [0.717, 1.165) is 26.2 Å². The van der Waals surface area contributed by atoms with Crippen LogP contribution < -0.4 is 16.0 Å². The Morgan fingerprint density at radius 2 is 1.38 bits per heavy atom. The highest BCUT2D eigenvalue weighted by Crippen LogP contribution is 2.26. The van der Waals surface area contributed by atoms with Crippen LogP contribution in [0.4, 0.5) is 11.4 Å². The number of aryl methyl sites for hydroxylation is 1.